The Bertz CT molecular complexity index is 1070. The summed E-state index contributed by atoms with van der Waals surface area (Å²) in [5, 5.41) is 8.01. The number of alkyl halides is 1. The van der Waals surface area contributed by atoms with Crippen LogP contribution in [0.3, 0.4) is 0 Å². The van der Waals surface area contributed by atoms with Crippen molar-refractivity contribution in [2.24, 2.45) is 0 Å². The minimum absolute atomic E-state index is 0.680. The maximum atomic E-state index is 4.90. The third-order valence-electron chi connectivity index (χ3n) is 4.81. The Kier molecular flexibility index (Phi) is 6.28. The third kappa shape index (κ3) is 4.69. The molecular weight excluding hydrogens is 474 g/mol. The molecule has 0 aliphatic carbocycles. The van der Waals surface area contributed by atoms with Gasteiger partial charge >= 0.3 is 0 Å². The first kappa shape index (κ1) is 19.7. The van der Waals surface area contributed by atoms with Crippen LogP contribution in [0.2, 0.25) is 0 Å². The summed E-state index contributed by atoms with van der Waals surface area (Å²) in [5.41, 5.74) is 4.40. The standard InChI is InChI=1S/C21H22BIN6/c22-18-14-26-29-19(25-13-17-7-4-9-24-12-17)11-20(27-21(18)29)28(15-23)10-8-16-5-2-1-3-6-16/h1-7,9,11-12,14,25H,8,10,13,15,22H2. The molecular formula is C21H22BIN6. The molecule has 0 amide bonds. The zero-order valence-electron chi connectivity index (χ0n) is 16.3. The summed E-state index contributed by atoms with van der Waals surface area (Å²) in [6, 6.07) is 16.7. The van der Waals surface area contributed by atoms with Crippen molar-refractivity contribution in [2.75, 3.05) is 21.3 Å². The lowest BCUT2D eigenvalue weighted by molar-refractivity contribution is 0.844. The van der Waals surface area contributed by atoms with E-state index in [1.54, 1.807) is 6.20 Å². The Balaban J connectivity index is 1.60. The lowest BCUT2D eigenvalue weighted by atomic mass is 10.0. The summed E-state index contributed by atoms with van der Waals surface area (Å²) in [7, 11) is 2.04. The number of rotatable bonds is 8. The van der Waals surface area contributed by atoms with Crippen molar-refractivity contribution < 1.29 is 0 Å². The summed E-state index contributed by atoms with van der Waals surface area (Å²) in [5.74, 6) is 1.89. The summed E-state index contributed by atoms with van der Waals surface area (Å²) >= 11 is 2.40. The number of anilines is 2. The molecule has 0 atom stereocenters. The molecule has 3 aromatic heterocycles. The van der Waals surface area contributed by atoms with Gasteiger partial charge in [-0.1, -0.05) is 59.0 Å². The number of benzene rings is 1. The minimum atomic E-state index is 0.680. The highest BCUT2D eigenvalue weighted by Crippen LogP contribution is 2.20. The van der Waals surface area contributed by atoms with Gasteiger partial charge in [-0.2, -0.15) is 9.61 Å². The normalized spacial score (nSPS) is 10.9. The molecule has 0 spiro atoms. The maximum absolute atomic E-state index is 4.90. The Morgan fingerprint density at radius 3 is 2.66 bits per heavy atom. The molecule has 6 nitrogen and oxygen atoms in total. The maximum Gasteiger partial charge on any atom is 0.153 e. The third-order valence-corrected chi connectivity index (χ3v) is 5.64. The van der Waals surface area contributed by atoms with E-state index in [4.69, 9.17) is 4.98 Å². The van der Waals surface area contributed by atoms with Gasteiger partial charge in [-0.15, -0.1) is 0 Å². The summed E-state index contributed by atoms with van der Waals surface area (Å²) in [6.45, 7) is 1.59. The first-order chi connectivity index (χ1) is 14.2. The number of nitrogens with one attached hydrogen (secondary N) is 1. The summed E-state index contributed by atoms with van der Waals surface area (Å²) in [6.07, 6.45) is 6.50. The van der Waals surface area contributed by atoms with Gasteiger partial charge in [0.2, 0.25) is 0 Å². The molecule has 0 aliphatic heterocycles. The number of fused-ring (bicyclic) bond motifs is 1. The predicted octanol–water partition coefficient (Wildman–Crippen LogP) is 2.44. The first-order valence-electron chi connectivity index (χ1n) is 9.57. The van der Waals surface area contributed by atoms with Crippen LogP contribution in [0.5, 0.6) is 0 Å². The van der Waals surface area contributed by atoms with Gasteiger partial charge in [0.1, 0.15) is 19.5 Å². The highest BCUT2D eigenvalue weighted by atomic mass is 127. The Labute approximate surface area is 184 Å². The molecule has 3 heterocycles. The van der Waals surface area contributed by atoms with Crippen LogP contribution in [0.1, 0.15) is 11.1 Å². The van der Waals surface area contributed by atoms with Gasteiger partial charge in [-0.3, -0.25) is 4.98 Å². The second-order valence-electron chi connectivity index (χ2n) is 6.90. The molecule has 0 bridgehead atoms. The molecule has 0 radical (unpaired) electrons. The first-order valence-corrected chi connectivity index (χ1v) is 11.1. The smallest absolute Gasteiger partial charge is 0.153 e. The van der Waals surface area contributed by atoms with Crippen LogP contribution in [-0.2, 0) is 13.0 Å². The zero-order valence-corrected chi connectivity index (χ0v) is 18.5. The van der Waals surface area contributed by atoms with Crippen LogP contribution in [0.4, 0.5) is 11.6 Å². The van der Waals surface area contributed by atoms with Gasteiger partial charge < -0.3 is 10.2 Å². The fourth-order valence-electron chi connectivity index (χ4n) is 3.19. The lowest BCUT2D eigenvalue weighted by Crippen LogP contribution is -2.26. The Morgan fingerprint density at radius 1 is 1.07 bits per heavy atom. The van der Waals surface area contributed by atoms with E-state index in [2.05, 4.69) is 85.4 Å². The number of halogens is 1. The van der Waals surface area contributed by atoms with Crippen molar-refractivity contribution in [2.45, 2.75) is 13.0 Å². The predicted molar refractivity (Wildman–Crippen MR) is 129 cm³/mol. The molecule has 0 aliphatic rings. The molecule has 1 N–H and O–H groups in total. The second kappa shape index (κ2) is 9.26. The molecule has 0 unspecified atom stereocenters. The van der Waals surface area contributed by atoms with E-state index in [-0.39, 0.29) is 0 Å². The van der Waals surface area contributed by atoms with Crippen LogP contribution in [0.15, 0.2) is 67.1 Å². The highest BCUT2D eigenvalue weighted by Gasteiger charge is 2.14. The monoisotopic (exact) mass is 496 g/mol. The number of nitrogens with zero attached hydrogens (tertiary/aromatic N) is 5. The van der Waals surface area contributed by atoms with E-state index in [1.165, 1.54) is 5.56 Å². The molecule has 0 saturated heterocycles. The van der Waals surface area contributed by atoms with Crippen molar-refractivity contribution in [1.82, 2.24) is 19.6 Å². The lowest BCUT2D eigenvalue weighted by Gasteiger charge is -2.22. The van der Waals surface area contributed by atoms with Crippen molar-refractivity contribution >= 4 is 53.2 Å². The van der Waals surface area contributed by atoms with E-state index >= 15 is 0 Å². The molecule has 8 heteroatoms. The fourth-order valence-corrected chi connectivity index (χ4v) is 3.88. The Hall–Kier alpha value is -2.62. The van der Waals surface area contributed by atoms with E-state index < -0.39 is 0 Å². The molecule has 0 fully saturated rings. The van der Waals surface area contributed by atoms with Crippen LogP contribution >= 0.6 is 22.6 Å². The van der Waals surface area contributed by atoms with E-state index in [0.717, 1.165) is 45.8 Å². The van der Waals surface area contributed by atoms with Crippen LogP contribution in [-0.4, -0.2) is 38.5 Å². The zero-order chi connectivity index (χ0) is 20.1. The van der Waals surface area contributed by atoms with Gasteiger partial charge in [0.15, 0.2) is 5.65 Å². The molecule has 146 valence electrons. The van der Waals surface area contributed by atoms with Gasteiger partial charge in [0.25, 0.3) is 0 Å². The number of pyridine rings is 1. The molecule has 4 aromatic rings. The van der Waals surface area contributed by atoms with Crippen molar-refractivity contribution in [3.63, 3.8) is 0 Å². The average molecular weight is 496 g/mol. The quantitative estimate of drug-likeness (QED) is 0.176. The largest absolute Gasteiger partial charge is 0.366 e. The van der Waals surface area contributed by atoms with Crippen LogP contribution in [0, 0.1) is 0 Å². The number of aromatic nitrogens is 4. The summed E-state index contributed by atoms with van der Waals surface area (Å²) in [4.78, 5) is 11.4. The molecule has 0 saturated carbocycles. The van der Waals surface area contributed by atoms with Crippen molar-refractivity contribution in [3.05, 3.63) is 78.2 Å². The van der Waals surface area contributed by atoms with Gasteiger partial charge in [-0.05, 0) is 29.1 Å². The molecule has 1 aromatic carbocycles. The van der Waals surface area contributed by atoms with E-state index in [0.29, 0.717) is 6.54 Å². The average Bonchev–Trinajstić information content (AvgIpc) is 3.15. The number of hydrogen-bond acceptors (Lipinski definition) is 5. The number of hydrogen-bond donors (Lipinski definition) is 1. The minimum Gasteiger partial charge on any atom is -0.366 e. The van der Waals surface area contributed by atoms with Crippen molar-refractivity contribution in [1.29, 1.82) is 0 Å². The fraction of sp³-hybridized carbons (Fsp3) is 0.190. The topological polar surface area (TPSA) is 58.4 Å². The Morgan fingerprint density at radius 2 is 1.90 bits per heavy atom. The second-order valence-corrected chi connectivity index (χ2v) is 7.58. The van der Waals surface area contributed by atoms with E-state index in [1.807, 2.05) is 30.8 Å². The highest BCUT2D eigenvalue weighted by molar-refractivity contribution is 14.1. The van der Waals surface area contributed by atoms with E-state index in [9.17, 15) is 0 Å². The van der Waals surface area contributed by atoms with Crippen LogP contribution in [0.25, 0.3) is 5.65 Å². The van der Waals surface area contributed by atoms with Gasteiger partial charge in [0, 0.05) is 37.7 Å². The van der Waals surface area contributed by atoms with Crippen LogP contribution < -0.4 is 15.7 Å². The summed E-state index contributed by atoms with van der Waals surface area (Å²) < 4.78 is 2.74. The van der Waals surface area contributed by atoms with Crippen molar-refractivity contribution in [3.8, 4) is 0 Å². The van der Waals surface area contributed by atoms with Gasteiger partial charge in [-0.25, -0.2) is 4.98 Å². The SMILES string of the molecule is Bc1cnn2c(NCc3cccnc3)cc(N(CI)CCc3ccccc3)nc12. The molecule has 4 rings (SSSR count). The molecule has 29 heavy (non-hydrogen) atoms. The van der Waals surface area contributed by atoms with Gasteiger partial charge in [0.05, 0.1) is 4.55 Å².